The number of rotatable bonds is 9. The van der Waals surface area contributed by atoms with Gasteiger partial charge in [0.1, 0.15) is 6.54 Å². The minimum atomic E-state index is -0.935. The van der Waals surface area contributed by atoms with Crippen LogP contribution in [0.4, 0.5) is 4.79 Å². The lowest BCUT2D eigenvalue weighted by Gasteiger charge is -2.15. The number of carbonyl (C=O) groups excluding carboxylic acids is 4. The minimum absolute atomic E-state index is 0.199. The van der Waals surface area contributed by atoms with Gasteiger partial charge in [-0.1, -0.05) is 51.5 Å². The zero-order valence-electron chi connectivity index (χ0n) is 16.2. The van der Waals surface area contributed by atoms with E-state index in [4.69, 9.17) is 0 Å². The van der Waals surface area contributed by atoms with Crippen LogP contribution in [0.5, 0.6) is 0 Å². The molecule has 0 spiro atoms. The van der Waals surface area contributed by atoms with Crippen LogP contribution in [-0.2, 0) is 20.8 Å². The molecule has 146 valence electrons. The van der Waals surface area contributed by atoms with Gasteiger partial charge in [-0.2, -0.15) is 0 Å². The Morgan fingerprint density at radius 2 is 1.67 bits per heavy atom. The van der Waals surface area contributed by atoms with Crippen LogP contribution >= 0.6 is 0 Å². The first-order valence-electron chi connectivity index (χ1n) is 9.38. The van der Waals surface area contributed by atoms with Gasteiger partial charge in [-0.3, -0.25) is 19.3 Å². The lowest BCUT2D eigenvalue weighted by molar-refractivity contribution is -0.144. The van der Waals surface area contributed by atoms with Crippen molar-refractivity contribution in [2.24, 2.45) is 0 Å². The van der Waals surface area contributed by atoms with E-state index in [0.29, 0.717) is 30.2 Å². The maximum absolute atomic E-state index is 12.2. The van der Waals surface area contributed by atoms with E-state index in [1.54, 1.807) is 0 Å². The minimum Gasteiger partial charge on any atom is -0.354 e. The molecule has 7 nitrogen and oxygen atoms in total. The number of nitrogens with zero attached hydrogens (tertiary/aromatic N) is 2. The monoisotopic (exact) mass is 373 g/mol. The van der Waals surface area contributed by atoms with Crippen molar-refractivity contribution in [1.29, 1.82) is 0 Å². The second kappa shape index (κ2) is 9.30. The number of benzene rings is 1. The van der Waals surface area contributed by atoms with Crippen molar-refractivity contribution in [2.75, 3.05) is 19.6 Å². The van der Waals surface area contributed by atoms with Gasteiger partial charge in [0.15, 0.2) is 0 Å². The summed E-state index contributed by atoms with van der Waals surface area (Å²) in [7, 11) is 0. The molecule has 0 unspecified atom stereocenters. The zero-order chi connectivity index (χ0) is 20.0. The molecule has 2 rings (SSSR count). The fourth-order valence-electron chi connectivity index (χ4n) is 2.82. The van der Waals surface area contributed by atoms with Gasteiger partial charge in [-0.25, -0.2) is 9.69 Å². The first kappa shape index (κ1) is 20.6. The number of unbranched alkanes of at least 4 members (excludes halogenated alkanes) is 1. The lowest BCUT2D eigenvalue weighted by Crippen LogP contribution is -2.42. The van der Waals surface area contributed by atoms with Crippen LogP contribution in [-0.4, -0.2) is 53.2 Å². The SMILES string of the molecule is CCCCN1C(=O)C(=O)N(CC(=O)NCCc2ccc(C(C)C)cc2)C1=O. The molecule has 1 N–H and O–H groups in total. The van der Waals surface area contributed by atoms with E-state index < -0.39 is 30.3 Å². The maximum atomic E-state index is 12.2. The highest BCUT2D eigenvalue weighted by Gasteiger charge is 2.44. The summed E-state index contributed by atoms with van der Waals surface area (Å²) < 4.78 is 0. The van der Waals surface area contributed by atoms with Gasteiger partial charge in [-0.15, -0.1) is 0 Å². The van der Waals surface area contributed by atoms with Crippen molar-refractivity contribution in [3.8, 4) is 0 Å². The molecule has 5 amide bonds. The molecule has 27 heavy (non-hydrogen) atoms. The molecule has 1 heterocycles. The van der Waals surface area contributed by atoms with Crippen molar-refractivity contribution in [3.63, 3.8) is 0 Å². The highest BCUT2D eigenvalue weighted by atomic mass is 16.2. The van der Waals surface area contributed by atoms with Crippen LogP contribution in [0.2, 0.25) is 0 Å². The Labute approximate surface area is 159 Å². The third-order valence-electron chi connectivity index (χ3n) is 4.55. The molecule has 0 bridgehead atoms. The normalized spacial score (nSPS) is 14.4. The molecule has 1 fully saturated rings. The van der Waals surface area contributed by atoms with E-state index in [9.17, 15) is 19.2 Å². The Bertz CT molecular complexity index is 712. The van der Waals surface area contributed by atoms with Gasteiger partial charge >= 0.3 is 17.8 Å². The third-order valence-corrected chi connectivity index (χ3v) is 4.55. The Balaban J connectivity index is 1.82. The Morgan fingerprint density at radius 1 is 1.04 bits per heavy atom. The van der Waals surface area contributed by atoms with Crippen LogP contribution in [0.15, 0.2) is 24.3 Å². The van der Waals surface area contributed by atoms with E-state index >= 15 is 0 Å². The topological polar surface area (TPSA) is 86.8 Å². The highest BCUT2D eigenvalue weighted by molar-refractivity contribution is 6.45. The second-order valence-corrected chi connectivity index (χ2v) is 6.98. The average molecular weight is 373 g/mol. The summed E-state index contributed by atoms with van der Waals surface area (Å²) in [6.45, 7) is 6.34. The number of imide groups is 2. The van der Waals surface area contributed by atoms with Crippen molar-refractivity contribution < 1.29 is 19.2 Å². The van der Waals surface area contributed by atoms with E-state index in [2.05, 4.69) is 31.3 Å². The Hall–Kier alpha value is -2.70. The molecule has 0 aromatic heterocycles. The lowest BCUT2D eigenvalue weighted by atomic mass is 10.0. The van der Waals surface area contributed by atoms with Crippen molar-refractivity contribution in [3.05, 3.63) is 35.4 Å². The number of carbonyl (C=O) groups is 4. The molecule has 1 saturated heterocycles. The number of amides is 5. The van der Waals surface area contributed by atoms with Crippen molar-refractivity contribution in [2.45, 2.75) is 46.0 Å². The van der Waals surface area contributed by atoms with E-state index in [1.165, 1.54) is 5.56 Å². The molecule has 1 aromatic rings. The largest absolute Gasteiger partial charge is 0.354 e. The average Bonchev–Trinajstić information content (AvgIpc) is 2.84. The number of nitrogens with one attached hydrogen (secondary N) is 1. The first-order valence-corrected chi connectivity index (χ1v) is 9.38. The summed E-state index contributed by atoms with van der Waals surface area (Å²) in [5, 5.41) is 2.69. The summed E-state index contributed by atoms with van der Waals surface area (Å²) in [5.41, 5.74) is 2.35. The fraction of sp³-hybridized carbons (Fsp3) is 0.500. The quantitative estimate of drug-likeness (QED) is 0.530. The van der Waals surface area contributed by atoms with Gasteiger partial charge in [0.05, 0.1) is 0 Å². The van der Waals surface area contributed by atoms with Gasteiger partial charge in [-0.05, 0) is 29.9 Å². The molecule has 1 aliphatic rings. The van der Waals surface area contributed by atoms with Gasteiger partial charge in [0, 0.05) is 13.1 Å². The van der Waals surface area contributed by atoms with Crippen LogP contribution in [0, 0.1) is 0 Å². The van der Waals surface area contributed by atoms with Crippen molar-refractivity contribution >= 4 is 23.8 Å². The van der Waals surface area contributed by atoms with E-state index in [0.717, 1.165) is 16.9 Å². The maximum Gasteiger partial charge on any atom is 0.334 e. The molecule has 1 aromatic carbocycles. The first-order chi connectivity index (χ1) is 12.8. The van der Waals surface area contributed by atoms with Crippen LogP contribution in [0.1, 0.15) is 50.7 Å². The smallest absolute Gasteiger partial charge is 0.334 e. The highest BCUT2D eigenvalue weighted by Crippen LogP contribution is 2.15. The molecule has 0 radical (unpaired) electrons. The molecule has 1 aliphatic heterocycles. The second-order valence-electron chi connectivity index (χ2n) is 6.98. The molecule has 0 aliphatic carbocycles. The zero-order valence-corrected chi connectivity index (χ0v) is 16.2. The van der Waals surface area contributed by atoms with Gasteiger partial charge in [0.2, 0.25) is 5.91 Å². The fourth-order valence-corrected chi connectivity index (χ4v) is 2.82. The van der Waals surface area contributed by atoms with Gasteiger partial charge < -0.3 is 5.32 Å². The number of hydrogen-bond donors (Lipinski definition) is 1. The third kappa shape index (κ3) is 5.15. The van der Waals surface area contributed by atoms with Crippen LogP contribution in [0.3, 0.4) is 0 Å². The standard InChI is InChI=1S/C20H27N3O4/c1-4-5-12-22-18(25)19(26)23(20(22)27)13-17(24)21-11-10-15-6-8-16(9-7-15)14(2)3/h6-9,14H,4-5,10-13H2,1-3H3,(H,21,24). The summed E-state index contributed by atoms with van der Waals surface area (Å²) in [4.78, 5) is 49.7. The summed E-state index contributed by atoms with van der Waals surface area (Å²) >= 11 is 0. The summed E-state index contributed by atoms with van der Waals surface area (Å²) in [5.74, 6) is -1.78. The Morgan fingerprint density at radius 3 is 2.26 bits per heavy atom. The number of hydrogen-bond acceptors (Lipinski definition) is 4. The summed E-state index contributed by atoms with van der Waals surface area (Å²) in [6, 6.07) is 7.48. The Kier molecular flexibility index (Phi) is 7.10. The van der Waals surface area contributed by atoms with Gasteiger partial charge in [0.25, 0.3) is 0 Å². The predicted molar refractivity (Wildman–Crippen MR) is 101 cm³/mol. The molecule has 0 saturated carbocycles. The van der Waals surface area contributed by atoms with E-state index in [-0.39, 0.29) is 6.54 Å². The van der Waals surface area contributed by atoms with Crippen LogP contribution in [0.25, 0.3) is 0 Å². The molecular formula is C20H27N3O4. The number of urea groups is 1. The predicted octanol–water partition coefficient (Wildman–Crippen LogP) is 2.06. The van der Waals surface area contributed by atoms with E-state index in [1.807, 2.05) is 19.1 Å². The molecule has 7 heteroatoms. The van der Waals surface area contributed by atoms with Crippen LogP contribution < -0.4 is 5.32 Å². The molecular weight excluding hydrogens is 346 g/mol. The molecule has 0 atom stereocenters. The summed E-state index contributed by atoms with van der Waals surface area (Å²) in [6.07, 6.45) is 2.07. The van der Waals surface area contributed by atoms with Crippen molar-refractivity contribution in [1.82, 2.24) is 15.1 Å².